The van der Waals surface area contributed by atoms with E-state index in [1.54, 1.807) is 6.20 Å². The lowest BCUT2D eigenvalue weighted by molar-refractivity contribution is 0.116. The minimum absolute atomic E-state index is 0.0863. The van der Waals surface area contributed by atoms with E-state index in [4.69, 9.17) is 4.74 Å². The highest BCUT2D eigenvalue weighted by atomic mass is 16.5. The third-order valence-corrected chi connectivity index (χ3v) is 3.18. The summed E-state index contributed by atoms with van der Waals surface area (Å²) in [6.07, 6.45) is 5.69. The minimum atomic E-state index is -0.285. The Morgan fingerprint density at radius 2 is 2.17 bits per heavy atom. The molecule has 2 rings (SSSR count). The van der Waals surface area contributed by atoms with Crippen LogP contribution in [-0.4, -0.2) is 28.3 Å². The molecule has 18 heavy (non-hydrogen) atoms. The summed E-state index contributed by atoms with van der Waals surface area (Å²) in [6, 6.07) is 3.85. The van der Waals surface area contributed by atoms with Gasteiger partial charge in [0.1, 0.15) is 0 Å². The highest BCUT2D eigenvalue weighted by Crippen LogP contribution is 2.27. The summed E-state index contributed by atoms with van der Waals surface area (Å²) in [5.74, 6) is 1.49. The highest BCUT2D eigenvalue weighted by Gasteiger charge is 2.24. The van der Waals surface area contributed by atoms with Crippen molar-refractivity contribution in [1.29, 1.82) is 0 Å². The van der Waals surface area contributed by atoms with Gasteiger partial charge >= 0.3 is 0 Å². The fraction of sp³-hybridized carbons (Fsp3) is 0.643. The van der Waals surface area contributed by atoms with Crippen molar-refractivity contribution < 1.29 is 9.84 Å². The van der Waals surface area contributed by atoms with Crippen LogP contribution in [0.1, 0.15) is 39.5 Å². The summed E-state index contributed by atoms with van der Waals surface area (Å²) >= 11 is 0. The molecule has 2 atom stereocenters. The van der Waals surface area contributed by atoms with E-state index in [2.05, 4.69) is 10.3 Å². The summed E-state index contributed by atoms with van der Waals surface area (Å²) in [6.45, 7) is 3.98. The first kappa shape index (κ1) is 13.1. The monoisotopic (exact) mass is 250 g/mol. The summed E-state index contributed by atoms with van der Waals surface area (Å²) < 4.78 is 5.72. The Hall–Kier alpha value is -1.29. The zero-order valence-electron chi connectivity index (χ0n) is 11.1. The third-order valence-electron chi connectivity index (χ3n) is 3.18. The molecule has 0 aliphatic heterocycles. The Morgan fingerprint density at radius 1 is 1.39 bits per heavy atom. The summed E-state index contributed by atoms with van der Waals surface area (Å²) in [4.78, 5) is 4.31. The molecular weight excluding hydrogens is 228 g/mol. The number of anilines is 1. The zero-order valence-corrected chi connectivity index (χ0v) is 11.1. The van der Waals surface area contributed by atoms with E-state index < -0.39 is 0 Å². The predicted molar refractivity (Wildman–Crippen MR) is 71.9 cm³/mol. The van der Waals surface area contributed by atoms with Gasteiger partial charge in [0.05, 0.1) is 18.2 Å². The SMILES string of the molecule is CC(C)Oc1cccnc1NC1CCCCC1O. The van der Waals surface area contributed by atoms with Crippen molar-refractivity contribution in [1.82, 2.24) is 4.98 Å². The number of hydrogen-bond donors (Lipinski definition) is 2. The van der Waals surface area contributed by atoms with Crippen molar-refractivity contribution in [3.63, 3.8) is 0 Å². The average Bonchev–Trinajstić information content (AvgIpc) is 2.34. The molecule has 0 bridgehead atoms. The van der Waals surface area contributed by atoms with E-state index in [9.17, 15) is 5.11 Å². The molecule has 0 radical (unpaired) electrons. The van der Waals surface area contributed by atoms with E-state index in [1.165, 1.54) is 0 Å². The molecule has 4 heteroatoms. The van der Waals surface area contributed by atoms with Crippen LogP contribution in [0.25, 0.3) is 0 Å². The molecule has 1 fully saturated rings. The maximum absolute atomic E-state index is 9.97. The lowest BCUT2D eigenvalue weighted by atomic mass is 9.92. The number of ether oxygens (including phenoxy) is 1. The van der Waals surface area contributed by atoms with Gasteiger partial charge < -0.3 is 15.2 Å². The Labute approximate surface area is 108 Å². The molecule has 1 aliphatic carbocycles. The van der Waals surface area contributed by atoms with Gasteiger partial charge in [0, 0.05) is 6.20 Å². The normalized spacial score (nSPS) is 24.0. The van der Waals surface area contributed by atoms with Crippen molar-refractivity contribution in [3.8, 4) is 5.75 Å². The molecule has 1 saturated carbocycles. The van der Waals surface area contributed by atoms with Crippen molar-refractivity contribution in [2.24, 2.45) is 0 Å². The molecule has 1 aromatic rings. The molecule has 0 amide bonds. The van der Waals surface area contributed by atoms with Gasteiger partial charge in [-0.25, -0.2) is 4.98 Å². The number of pyridine rings is 1. The maximum atomic E-state index is 9.97. The van der Waals surface area contributed by atoms with Crippen LogP contribution in [0.15, 0.2) is 18.3 Å². The number of aliphatic hydroxyl groups is 1. The van der Waals surface area contributed by atoms with Crippen LogP contribution < -0.4 is 10.1 Å². The summed E-state index contributed by atoms with van der Waals surface area (Å²) in [5, 5.41) is 13.3. The first-order valence-electron chi connectivity index (χ1n) is 6.73. The van der Waals surface area contributed by atoms with Crippen molar-refractivity contribution >= 4 is 5.82 Å². The second-order valence-corrected chi connectivity index (χ2v) is 5.12. The van der Waals surface area contributed by atoms with Gasteiger partial charge in [-0.3, -0.25) is 0 Å². The molecular formula is C14H22N2O2. The molecule has 4 nitrogen and oxygen atoms in total. The molecule has 2 N–H and O–H groups in total. The van der Waals surface area contributed by atoms with Gasteiger partial charge in [0.15, 0.2) is 11.6 Å². The molecule has 1 aromatic heterocycles. The van der Waals surface area contributed by atoms with E-state index in [0.29, 0.717) is 0 Å². The smallest absolute Gasteiger partial charge is 0.169 e. The third kappa shape index (κ3) is 3.35. The second kappa shape index (κ2) is 6.05. The Bertz CT molecular complexity index is 382. The standard InChI is InChI=1S/C14H22N2O2/c1-10(2)18-13-8-5-9-15-14(13)16-11-6-3-4-7-12(11)17/h5,8-12,17H,3-4,6-7H2,1-2H3,(H,15,16). The van der Waals surface area contributed by atoms with Crippen molar-refractivity contribution in [2.45, 2.75) is 57.8 Å². The molecule has 0 spiro atoms. The number of hydrogen-bond acceptors (Lipinski definition) is 4. The lowest BCUT2D eigenvalue weighted by Crippen LogP contribution is -2.36. The number of aromatic nitrogens is 1. The van der Waals surface area contributed by atoms with Crippen LogP contribution in [-0.2, 0) is 0 Å². The zero-order chi connectivity index (χ0) is 13.0. The van der Waals surface area contributed by atoms with Crippen molar-refractivity contribution in [2.75, 3.05) is 5.32 Å². The molecule has 100 valence electrons. The first-order valence-corrected chi connectivity index (χ1v) is 6.73. The number of aliphatic hydroxyl groups excluding tert-OH is 1. The molecule has 0 saturated heterocycles. The van der Waals surface area contributed by atoms with Crippen LogP contribution in [0.3, 0.4) is 0 Å². The van der Waals surface area contributed by atoms with Gasteiger partial charge in [-0.2, -0.15) is 0 Å². The largest absolute Gasteiger partial charge is 0.487 e. The van der Waals surface area contributed by atoms with Gasteiger partial charge in [-0.05, 0) is 38.8 Å². The van der Waals surface area contributed by atoms with Crippen LogP contribution in [0, 0.1) is 0 Å². The fourth-order valence-corrected chi connectivity index (χ4v) is 2.30. The average molecular weight is 250 g/mol. The Balaban J connectivity index is 2.07. The van der Waals surface area contributed by atoms with E-state index >= 15 is 0 Å². The van der Waals surface area contributed by atoms with Crippen LogP contribution in [0.4, 0.5) is 5.82 Å². The summed E-state index contributed by atoms with van der Waals surface area (Å²) in [5.41, 5.74) is 0. The number of rotatable bonds is 4. The van der Waals surface area contributed by atoms with Crippen LogP contribution >= 0.6 is 0 Å². The van der Waals surface area contributed by atoms with E-state index in [-0.39, 0.29) is 18.2 Å². The topological polar surface area (TPSA) is 54.4 Å². The Morgan fingerprint density at radius 3 is 2.89 bits per heavy atom. The molecule has 0 aromatic carbocycles. The van der Waals surface area contributed by atoms with Crippen LogP contribution in [0.5, 0.6) is 5.75 Å². The molecule has 1 aliphatic rings. The number of nitrogens with zero attached hydrogens (tertiary/aromatic N) is 1. The first-order chi connectivity index (χ1) is 8.66. The predicted octanol–water partition coefficient (Wildman–Crippen LogP) is 2.58. The second-order valence-electron chi connectivity index (χ2n) is 5.12. The quantitative estimate of drug-likeness (QED) is 0.862. The van der Waals surface area contributed by atoms with E-state index in [0.717, 1.165) is 37.3 Å². The lowest BCUT2D eigenvalue weighted by Gasteiger charge is -2.29. The van der Waals surface area contributed by atoms with E-state index in [1.807, 2.05) is 26.0 Å². The van der Waals surface area contributed by atoms with Gasteiger partial charge in [0.2, 0.25) is 0 Å². The highest BCUT2D eigenvalue weighted by molar-refractivity contribution is 5.50. The molecule has 1 heterocycles. The van der Waals surface area contributed by atoms with Gasteiger partial charge in [0.25, 0.3) is 0 Å². The van der Waals surface area contributed by atoms with Crippen molar-refractivity contribution in [3.05, 3.63) is 18.3 Å². The van der Waals surface area contributed by atoms with Crippen LogP contribution in [0.2, 0.25) is 0 Å². The summed E-state index contributed by atoms with van der Waals surface area (Å²) in [7, 11) is 0. The molecule has 2 unspecified atom stereocenters. The van der Waals surface area contributed by atoms with Gasteiger partial charge in [-0.15, -0.1) is 0 Å². The maximum Gasteiger partial charge on any atom is 0.169 e. The number of nitrogens with one attached hydrogen (secondary N) is 1. The fourth-order valence-electron chi connectivity index (χ4n) is 2.30. The van der Waals surface area contributed by atoms with Gasteiger partial charge in [-0.1, -0.05) is 12.8 Å². The Kier molecular flexibility index (Phi) is 4.42. The minimum Gasteiger partial charge on any atom is -0.487 e.